The molecule has 0 spiro atoms. The van der Waals surface area contributed by atoms with E-state index >= 15 is 0 Å². The number of nitrogen functional groups attached to an aromatic ring is 1. The van der Waals surface area contributed by atoms with Crippen molar-refractivity contribution in [1.82, 2.24) is 4.90 Å². The van der Waals surface area contributed by atoms with Crippen LogP contribution in [0.1, 0.15) is 11.1 Å². The molecule has 3 nitrogen and oxygen atoms in total. The van der Waals surface area contributed by atoms with Gasteiger partial charge in [0, 0.05) is 19.3 Å². The van der Waals surface area contributed by atoms with E-state index in [1.807, 2.05) is 37.4 Å². The number of carbonyl (C=O) groups is 1. The van der Waals surface area contributed by atoms with Crippen molar-refractivity contribution in [3.05, 3.63) is 50.6 Å². The number of carbonyl (C=O) groups excluding carboxylic acids is 1. The molecule has 0 aliphatic carbocycles. The summed E-state index contributed by atoms with van der Waals surface area (Å²) in [6.07, 6.45) is 0.405. The van der Waals surface area contributed by atoms with Gasteiger partial charge in [-0.15, -0.1) is 23.7 Å². The molecule has 0 bridgehead atoms. The predicted octanol–water partition coefficient (Wildman–Crippen LogP) is 3.72. The Morgan fingerprint density at radius 2 is 1.95 bits per heavy atom. The first kappa shape index (κ1) is 17.0. The lowest BCUT2D eigenvalue weighted by Crippen LogP contribution is -2.27. The van der Waals surface area contributed by atoms with Crippen LogP contribution in [0.15, 0.2) is 39.5 Å². The molecule has 1 aromatic carbocycles. The van der Waals surface area contributed by atoms with E-state index in [0.29, 0.717) is 18.7 Å². The average molecular weight is 376 g/mol. The van der Waals surface area contributed by atoms with Crippen LogP contribution in [0.5, 0.6) is 0 Å². The number of anilines is 1. The van der Waals surface area contributed by atoms with Gasteiger partial charge in [0.25, 0.3) is 0 Å². The summed E-state index contributed by atoms with van der Waals surface area (Å²) in [4.78, 5) is 13.8. The van der Waals surface area contributed by atoms with Crippen molar-refractivity contribution in [2.75, 3.05) is 12.8 Å². The normalized spacial score (nSPS) is 9.90. The van der Waals surface area contributed by atoms with Crippen molar-refractivity contribution >= 4 is 51.3 Å². The molecule has 2 N–H and O–H groups in total. The second kappa shape index (κ2) is 7.67. The van der Waals surface area contributed by atoms with E-state index in [-0.39, 0.29) is 18.3 Å². The lowest BCUT2D eigenvalue weighted by molar-refractivity contribution is -0.129. The van der Waals surface area contributed by atoms with Gasteiger partial charge in [0.15, 0.2) is 0 Å². The van der Waals surface area contributed by atoms with Crippen molar-refractivity contribution in [3.8, 4) is 0 Å². The monoisotopic (exact) mass is 374 g/mol. The first-order valence-electron chi connectivity index (χ1n) is 5.86. The summed E-state index contributed by atoms with van der Waals surface area (Å²) in [5.74, 6) is 0.104. The number of halogens is 2. The molecule has 6 heteroatoms. The van der Waals surface area contributed by atoms with Crippen molar-refractivity contribution in [3.63, 3.8) is 0 Å². The molecule has 0 fully saturated rings. The summed E-state index contributed by atoms with van der Waals surface area (Å²) >= 11 is 5.05. The minimum atomic E-state index is 0. The van der Waals surface area contributed by atoms with E-state index < -0.39 is 0 Å². The van der Waals surface area contributed by atoms with Gasteiger partial charge in [-0.1, -0.05) is 12.1 Å². The van der Waals surface area contributed by atoms with Crippen LogP contribution in [0.3, 0.4) is 0 Å². The number of nitrogens with two attached hydrogens (primary N) is 1. The summed E-state index contributed by atoms with van der Waals surface area (Å²) in [5.41, 5.74) is 8.47. The number of hydrogen-bond donors (Lipinski definition) is 1. The number of rotatable bonds is 4. The van der Waals surface area contributed by atoms with E-state index in [2.05, 4.69) is 21.3 Å². The Bertz CT molecular complexity index is 571. The van der Waals surface area contributed by atoms with Gasteiger partial charge < -0.3 is 10.6 Å². The number of nitrogens with zero attached hydrogens (tertiary/aromatic N) is 1. The number of thiophene rings is 1. The summed E-state index contributed by atoms with van der Waals surface area (Å²) < 4.78 is 1.09. The number of likely N-dealkylation sites (N-methyl/N-ethyl adjacent to an activating group) is 1. The summed E-state index contributed by atoms with van der Waals surface area (Å²) in [6, 6.07) is 9.46. The van der Waals surface area contributed by atoms with Gasteiger partial charge in [-0.3, -0.25) is 4.79 Å². The Morgan fingerprint density at radius 3 is 2.50 bits per heavy atom. The largest absolute Gasteiger partial charge is 0.399 e. The van der Waals surface area contributed by atoms with Crippen LogP contribution in [0.25, 0.3) is 0 Å². The molecule has 1 heterocycles. The molecule has 108 valence electrons. The molecular weight excluding hydrogens is 360 g/mol. The Hall–Kier alpha value is -1.04. The third kappa shape index (κ3) is 4.81. The summed E-state index contributed by atoms with van der Waals surface area (Å²) in [7, 11) is 1.82. The number of benzene rings is 1. The maximum Gasteiger partial charge on any atom is 0.227 e. The van der Waals surface area contributed by atoms with Gasteiger partial charge in [0.1, 0.15) is 0 Å². The summed E-state index contributed by atoms with van der Waals surface area (Å²) in [6.45, 7) is 0.635. The van der Waals surface area contributed by atoms with Gasteiger partial charge in [-0.25, -0.2) is 0 Å². The molecule has 2 aromatic rings. The maximum atomic E-state index is 12.1. The zero-order valence-electron chi connectivity index (χ0n) is 11.0. The molecule has 0 aliphatic rings. The van der Waals surface area contributed by atoms with Crippen molar-refractivity contribution in [2.24, 2.45) is 0 Å². The fourth-order valence-electron chi connectivity index (χ4n) is 1.74. The highest BCUT2D eigenvalue weighted by atomic mass is 79.9. The maximum absolute atomic E-state index is 12.1. The minimum Gasteiger partial charge on any atom is -0.399 e. The zero-order chi connectivity index (χ0) is 13.8. The fourth-order valence-corrected chi connectivity index (χ4v) is 2.94. The van der Waals surface area contributed by atoms with Crippen molar-refractivity contribution < 1.29 is 4.79 Å². The molecule has 0 saturated carbocycles. The van der Waals surface area contributed by atoms with Gasteiger partial charge in [0.2, 0.25) is 5.91 Å². The molecular formula is C14H16BrClN2OS. The van der Waals surface area contributed by atoms with E-state index in [0.717, 1.165) is 14.9 Å². The van der Waals surface area contributed by atoms with Crippen LogP contribution < -0.4 is 5.73 Å². The van der Waals surface area contributed by atoms with Gasteiger partial charge in [0.05, 0.1) is 10.2 Å². The number of amides is 1. The smallest absolute Gasteiger partial charge is 0.227 e. The Labute approximate surface area is 137 Å². The van der Waals surface area contributed by atoms with Crippen LogP contribution in [-0.4, -0.2) is 17.9 Å². The first-order chi connectivity index (χ1) is 9.04. The molecule has 0 saturated heterocycles. The highest BCUT2D eigenvalue weighted by molar-refractivity contribution is 9.11. The molecule has 1 amide bonds. The highest BCUT2D eigenvalue weighted by Gasteiger charge is 2.11. The van der Waals surface area contributed by atoms with E-state index in [4.69, 9.17) is 5.73 Å². The van der Waals surface area contributed by atoms with Crippen LogP contribution in [0, 0.1) is 0 Å². The lowest BCUT2D eigenvalue weighted by Gasteiger charge is -2.16. The summed E-state index contributed by atoms with van der Waals surface area (Å²) in [5, 5.41) is 2.05. The molecule has 0 unspecified atom stereocenters. The second-order valence-corrected chi connectivity index (χ2v) is 6.72. The molecule has 0 radical (unpaired) electrons. The SMILES string of the molecule is CN(Cc1csc(Br)c1)C(=O)Cc1ccc(N)cc1.Cl. The fraction of sp³-hybridized carbons (Fsp3) is 0.214. The van der Waals surface area contributed by atoms with Gasteiger partial charge in [-0.05, 0) is 50.6 Å². The highest BCUT2D eigenvalue weighted by Crippen LogP contribution is 2.21. The molecule has 0 atom stereocenters. The van der Waals surface area contributed by atoms with Gasteiger partial charge >= 0.3 is 0 Å². The van der Waals surface area contributed by atoms with Crippen LogP contribution in [-0.2, 0) is 17.8 Å². The lowest BCUT2D eigenvalue weighted by atomic mass is 10.1. The van der Waals surface area contributed by atoms with E-state index in [1.54, 1.807) is 16.2 Å². The Morgan fingerprint density at radius 1 is 1.30 bits per heavy atom. The van der Waals surface area contributed by atoms with Crippen molar-refractivity contribution in [1.29, 1.82) is 0 Å². The van der Waals surface area contributed by atoms with Crippen molar-refractivity contribution in [2.45, 2.75) is 13.0 Å². The minimum absolute atomic E-state index is 0. The van der Waals surface area contributed by atoms with E-state index in [1.165, 1.54) is 0 Å². The Balaban J connectivity index is 0.00000200. The molecule has 0 aliphatic heterocycles. The molecule has 20 heavy (non-hydrogen) atoms. The quantitative estimate of drug-likeness (QED) is 0.828. The zero-order valence-corrected chi connectivity index (χ0v) is 14.2. The van der Waals surface area contributed by atoms with Crippen LogP contribution in [0.4, 0.5) is 5.69 Å². The third-order valence-corrected chi connectivity index (χ3v) is 4.36. The topological polar surface area (TPSA) is 46.3 Å². The van der Waals surface area contributed by atoms with Crippen LogP contribution >= 0.6 is 39.7 Å². The van der Waals surface area contributed by atoms with Gasteiger partial charge in [-0.2, -0.15) is 0 Å². The third-order valence-electron chi connectivity index (χ3n) is 2.80. The second-order valence-electron chi connectivity index (χ2n) is 4.43. The average Bonchev–Trinajstić information content (AvgIpc) is 2.77. The van der Waals surface area contributed by atoms with E-state index in [9.17, 15) is 4.79 Å². The molecule has 2 rings (SSSR count). The number of hydrogen-bond acceptors (Lipinski definition) is 3. The standard InChI is InChI=1S/C14H15BrN2OS.ClH/c1-17(8-11-6-13(15)19-9-11)14(18)7-10-2-4-12(16)5-3-10;/h2-6,9H,7-8,16H2,1H3;1H. The first-order valence-corrected chi connectivity index (χ1v) is 7.53. The van der Waals surface area contributed by atoms with Crippen LogP contribution in [0.2, 0.25) is 0 Å². The predicted molar refractivity (Wildman–Crippen MR) is 90.3 cm³/mol. The molecule has 1 aromatic heterocycles. The Kier molecular flexibility index (Phi) is 6.52.